The summed E-state index contributed by atoms with van der Waals surface area (Å²) in [5.41, 5.74) is 2.30. The predicted molar refractivity (Wildman–Crippen MR) is 138 cm³/mol. The van der Waals surface area contributed by atoms with Crippen molar-refractivity contribution in [1.82, 2.24) is 4.98 Å². The molecule has 0 saturated carbocycles. The average Bonchev–Trinajstić information content (AvgIpc) is 3.40. The van der Waals surface area contributed by atoms with E-state index < -0.39 is 5.60 Å². The Kier molecular flexibility index (Phi) is 6.30. The van der Waals surface area contributed by atoms with E-state index in [1.165, 1.54) is 4.90 Å². The van der Waals surface area contributed by atoms with E-state index in [9.17, 15) is 5.11 Å². The van der Waals surface area contributed by atoms with Crippen LogP contribution in [-0.4, -0.2) is 41.0 Å². The molecule has 174 valence electrons. The number of benzene rings is 3. The van der Waals surface area contributed by atoms with Crippen molar-refractivity contribution in [2.45, 2.75) is 23.5 Å². The maximum Gasteiger partial charge on any atom is 0.236 e. The van der Waals surface area contributed by atoms with Gasteiger partial charge in [0.2, 0.25) is 5.89 Å². The smallest absolute Gasteiger partial charge is 0.236 e. The summed E-state index contributed by atoms with van der Waals surface area (Å²) in [7, 11) is 4.40. The molecule has 1 aromatic heterocycles. The standard InChI is InChI=1S/C28H28ClN2O2S/c1-31(2,16-7-17-34-22-14-12-20(29)13-15-22)19-21-18-30-27(33-21)28(32)25-10-5-3-8-23(25)24-9-4-6-11-26(24)28/h3-6,8-15,18,32H,7,16-17,19H2,1-2H3/q+1. The number of hydrogen-bond donors (Lipinski definition) is 1. The molecule has 6 heteroatoms. The van der Waals surface area contributed by atoms with Gasteiger partial charge < -0.3 is 14.0 Å². The number of hydrogen-bond acceptors (Lipinski definition) is 4. The molecule has 34 heavy (non-hydrogen) atoms. The van der Waals surface area contributed by atoms with Crippen LogP contribution in [-0.2, 0) is 12.1 Å². The van der Waals surface area contributed by atoms with Crippen LogP contribution in [0, 0.1) is 0 Å². The number of aliphatic hydroxyl groups is 1. The third kappa shape index (κ3) is 4.41. The molecule has 0 spiro atoms. The van der Waals surface area contributed by atoms with Crippen LogP contribution in [0.3, 0.4) is 0 Å². The SMILES string of the molecule is C[N+](C)(CCCSc1ccc(Cl)cc1)Cc1cnc(C2(O)c3ccccc3-c3ccccc32)o1. The van der Waals surface area contributed by atoms with E-state index in [2.05, 4.69) is 31.2 Å². The molecule has 0 atom stereocenters. The molecule has 4 aromatic rings. The predicted octanol–water partition coefficient (Wildman–Crippen LogP) is 6.35. The molecule has 1 aliphatic carbocycles. The molecule has 0 fully saturated rings. The van der Waals surface area contributed by atoms with E-state index in [1.807, 2.05) is 72.4 Å². The van der Waals surface area contributed by atoms with Crippen molar-refractivity contribution in [3.8, 4) is 11.1 Å². The van der Waals surface area contributed by atoms with Crippen molar-refractivity contribution >= 4 is 23.4 Å². The summed E-state index contributed by atoms with van der Waals surface area (Å²) >= 11 is 7.82. The van der Waals surface area contributed by atoms with E-state index in [0.717, 1.165) is 56.2 Å². The van der Waals surface area contributed by atoms with Crippen LogP contribution in [0.2, 0.25) is 5.02 Å². The van der Waals surface area contributed by atoms with Gasteiger partial charge in [-0.25, -0.2) is 4.98 Å². The highest BCUT2D eigenvalue weighted by Crippen LogP contribution is 2.50. The fourth-order valence-corrected chi connectivity index (χ4v) is 5.67. The van der Waals surface area contributed by atoms with Gasteiger partial charge in [0.1, 0.15) is 6.54 Å². The van der Waals surface area contributed by atoms with Gasteiger partial charge in [0.25, 0.3) is 0 Å². The second-order valence-corrected chi connectivity index (χ2v) is 11.0. The molecule has 4 nitrogen and oxygen atoms in total. The molecule has 1 aliphatic rings. The number of oxazole rings is 1. The van der Waals surface area contributed by atoms with E-state index >= 15 is 0 Å². The van der Waals surface area contributed by atoms with Crippen molar-refractivity contribution in [2.75, 3.05) is 26.4 Å². The number of halogens is 1. The highest BCUT2D eigenvalue weighted by molar-refractivity contribution is 7.99. The Hall–Kier alpha value is -2.57. The fraction of sp³-hybridized carbons (Fsp3) is 0.250. The Morgan fingerprint density at radius 2 is 1.56 bits per heavy atom. The van der Waals surface area contributed by atoms with Crippen LogP contribution in [0.15, 0.2) is 88.3 Å². The van der Waals surface area contributed by atoms with E-state index in [4.69, 9.17) is 16.0 Å². The van der Waals surface area contributed by atoms with Gasteiger partial charge >= 0.3 is 0 Å². The minimum absolute atomic E-state index is 0.332. The molecule has 5 rings (SSSR count). The van der Waals surface area contributed by atoms with E-state index in [0.29, 0.717) is 12.4 Å². The van der Waals surface area contributed by atoms with Gasteiger partial charge in [0.05, 0.1) is 26.8 Å². The topological polar surface area (TPSA) is 46.3 Å². The average molecular weight is 492 g/mol. The molecule has 0 saturated heterocycles. The van der Waals surface area contributed by atoms with Crippen LogP contribution in [0.5, 0.6) is 0 Å². The van der Waals surface area contributed by atoms with Crippen molar-refractivity contribution in [1.29, 1.82) is 0 Å². The van der Waals surface area contributed by atoms with Crippen molar-refractivity contribution in [3.05, 3.63) is 107 Å². The lowest BCUT2D eigenvalue weighted by molar-refractivity contribution is -0.904. The van der Waals surface area contributed by atoms with Crippen LogP contribution < -0.4 is 0 Å². The third-order valence-corrected chi connectivity index (χ3v) is 7.71. The normalized spacial score (nSPS) is 14.1. The van der Waals surface area contributed by atoms with Gasteiger partial charge in [-0.1, -0.05) is 60.1 Å². The van der Waals surface area contributed by atoms with E-state index in [-0.39, 0.29) is 0 Å². The molecule has 1 N–H and O–H groups in total. The van der Waals surface area contributed by atoms with Crippen LogP contribution in [0.1, 0.15) is 29.2 Å². The second-order valence-electron chi connectivity index (χ2n) is 9.41. The molecular formula is C28H28ClN2O2S+. The zero-order chi connectivity index (χ0) is 23.8. The molecule has 0 radical (unpaired) electrons. The second kappa shape index (κ2) is 9.23. The Bertz CT molecular complexity index is 1250. The molecule has 0 aliphatic heterocycles. The van der Waals surface area contributed by atoms with Crippen LogP contribution in [0.25, 0.3) is 11.1 Å². The number of quaternary nitrogens is 1. The zero-order valence-electron chi connectivity index (χ0n) is 19.4. The molecule has 0 amide bonds. The Morgan fingerprint density at radius 3 is 2.21 bits per heavy atom. The number of nitrogens with zero attached hydrogens (tertiary/aromatic N) is 2. The number of fused-ring (bicyclic) bond motifs is 3. The van der Waals surface area contributed by atoms with Gasteiger partial charge in [0, 0.05) is 33.2 Å². The highest BCUT2D eigenvalue weighted by Gasteiger charge is 2.46. The first kappa shape index (κ1) is 23.2. The minimum atomic E-state index is -1.38. The number of rotatable bonds is 8. The number of thioether (sulfide) groups is 1. The van der Waals surface area contributed by atoms with Gasteiger partial charge in [0.15, 0.2) is 11.4 Å². The maximum atomic E-state index is 11.9. The molecule has 0 bridgehead atoms. The van der Waals surface area contributed by atoms with Gasteiger partial charge in [-0.2, -0.15) is 0 Å². The summed E-state index contributed by atoms with van der Waals surface area (Å²) in [6.45, 7) is 1.71. The summed E-state index contributed by atoms with van der Waals surface area (Å²) in [5, 5.41) is 12.7. The highest BCUT2D eigenvalue weighted by atomic mass is 35.5. The van der Waals surface area contributed by atoms with Gasteiger partial charge in [-0.15, -0.1) is 11.8 Å². The van der Waals surface area contributed by atoms with Crippen molar-refractivity contribution < 1.29 is 14.0 Å². The summed E-state index contributed by atoms with van der Waals surface area (Å²) in [6, 6.07) is 23.9. The molecular weight excluding hydrogens is 464 g/mol. The Morgan fingerprint density at radius 1 is 0.941 bits per heavy atom. The van der Waals surface area contributed by atoms with Crippen molar-refractivity contribution in [2.24, 2.45) is 0 Å². The lowest BCUT2D eigenvalue weighted by atomic mass is 9.91. The Balaban J connectivity index is 1.28. The molecule has 0 unspecified atom stereocenters. The molecule has 3 aromatic carbocycles. The summed E-state index contributed by atoms with van der Waals surface area (Å²) in [6.07, 6.45) is 2.84. The number of aromatic nitrogens is 1. The Labute approximate surface area is 209 Å². The van der Waals surface area contributed by atoms with Gasteiger partial charge in [-0.3, -0.25) is 0 Å². The first-order chi connectivity index (χ1) is 16.4. The summed E-state index contributed by atoms with van der Waals surface area (Å²) < 4.78 is 6.99. The van der Waals surface area contributed by atoms with Crippen LogP contribution in [0.4, 0.5) is 0 Å². The van der Waals surface area contributed by atoms with Gasteiger partial charge in [-0.05, 0) is 35.4 Å². The first-order valence-corrected chi connectivity index (χ1v) is 12.8. The summed E-state index contributed by atoms with van der Waals surface area (Å²) in [5.74, 6) is 2.15. The lowest BCUT2D eigenvalue weighted by Crippen LogP contribution is -2.39. The quantitative estimate of drug-likeness (QED) is 0.177. The minimum Gasteiger partial charge on any atom is -0.436 e. The monoisotopic (exact) mass is 491 g/mol. The van der Waals surface area contributed by atoms with Crippen molar-refractivity contribution in [3.63, 3.8) is 0 Å². The lowest BCUT2D eigenvalue weighted by Gasteiger charge is -2.28. The maximum absolute atomic E-state index is 11.9. The van der Waals surface area contributed by atoms with E-state index in [1.54, 1.807) is 6.20 Å². The largest absolute Gasteiger partial charge is 0.436 e. The molecule has 1 heterocycles. The summed E-state index contributed by atoms with van der Waals surface area (Å²) in [4.78, 5) is 5.79. The van der Waals surface area contributed by atoms with Crippen LogP contribution >= 0.6 is 23.4 Å². The first-order valence-electron chi connectivity index (χ1n) is 11.4. The fourth-order valence-electron chi connectivity index (χ4n) is 4.70. The third-order valence-electron chi connectivity index (χ3n) is 6.36. The zero-order valence-corrected chi connectivity index (χ0v) is 20.9.